The van der Waals surface area contributed by atoms with Crippen molar-refractivity contribution in [1.29, 1.82) is 0 Å². The van der Waals surface area contributed by atoms with Gasteiger partial charge in [0.05, 0.1) is 44.8 Å². The standard InChI is InChI=1S/C26H29N5O5S2/c1-3-11-35-22(32)17-5-7-19-21(14-17)38-26(30-19)31-25(34)28-10-8-15(2)9-12-36-23(33)16-4-6-18-20(13-16)37-24(27)29-18/h4-7,13-15H,3,8-12H2,1-2H3,(H2,27,29)(H2,28,30,31,34)/t15-/m0/s1. The number of rotatable bonds is 11. The number of nitrogens with one attached hydrogen (secondary N) is 2. The van der Waals surface area contributed by atoms with E-state index in [1.807, 2.05) is 13.8 Å². The Hall–Kier alpha value is -3.77. The van der Waals surface area contributed by atoms with E-state index in [9.17, 15) is 14.4 Å². The monoisotopic (exact) mass is 555 g/mol. The summed E-state index contributed by atoms with van der Waals surface area (Å²) in [6, 6.07) is 9.94. The zero-order chi connectivity index (χ0) is 27.1. The van der Waals surface area contributed by atoms with E-state index in [1.165, 1.54) is 22.7 Å². The van der Waals surface area contributed by atoms with E-state index in [2.05, 4.69) is 20.6 Å². The molecule has 2 aromatic heterocycles. The highest BCUT2D eigenvalue weighted by molar-refractivity contribution is 7.22. The Morgan fingerprint density at radius 2 is 1.55 bits per heavy atom. The van der Waals surface area contributed by atoms with Gasteiger partial charge in [-0.15, -0.1) is 0 Å². The molecule has 0 bridgehead atoms. The zero-order valence-electron chi connectivity index (χ0n) is 21.1. The SMILES string of the molecule is CCCOC(=O)c1ccc2nc(NC(=O)NCC[C@H](C)CCOC(=O)c3ccc4nc(N)sc4c3)sc2c1. The summed E-state index contributed by atoms with van der Waals surface area (Å²) in [5.74, 6) is -0.522. The van der Waals surface area contributed by atoms with Gasteiger partial charge in [-0.3, -0.25) is 5.32 Å². The summed E-state index contributed by atoms with van der Waals surface area (Å²) in [6.45, 7) is 5.09. The molecule has 0 aliphatic rings. The molecular formula is C26H29N5O5S2. The number of esters is 2. The molecule has 0 fully saturated rings. The molecule has 4 N–H and O–H groups in total. The Bertz CT molecular complexity index is 1450. The number of nitrogens with zero attached hydrogens (tertiary/aromatic N) is 2. The summed E-state index contributed by atoms with van der Waals surface area (Å²) in [7, 11) is 0. The lowest BCUT2D eigenvalue weighted by Gasteiger charge is -2.12. The van der Waals surface area contributed by atoms with Crippen LogP contribution < -0.4 is 16.4 Å². The fourth-order valence-corrected chi connectivity index (χ4v) is 5.28. The van der Waals surface area contributed by atoms with Gasteiger partial charge in [0.25, 0.3) is 0 Å². The number of fused-ring (bicyclic) bond motifs is 2. The number of nitrogen functional groups attached to an aromatic ring is 1. The van der Waals surface area contributed by atoms with Gasteiger partial charge in [0.1, 0.15) is 0 Å². The highest BCUT2D eigenvalue weighted by atomic mass is 32.1. The minimum atomic E-state index is -0.385. The van der Waals surface area contributed by atoms with E-state index in [0.29, 0.717) is 46.5 Å². The Morgan fingerprint density at radius 3 is 2.24 bits per heavy atom. The van der Waals surface area contributed by atoms with E-state index in [1.54, 1.807) is 36.4 Å². The van der Waals surface area contributed by atoms with Crippen molar-refractivity contribution in [3.63, 3.8) is 0 Å². The predicted molar refractivity (Wildman–Crippen MR) is 150 cm³/mol. The molecule has 4 rings (SSSR count). The number of amides is 2. The van der Waals surface area contributed by atoms with Crippen molar-refractivity contribution in [2.75, 3.05) is 30.8 Å². The van der Waals surface area contributed by atoms with Gasteiger partial charge in [-0.2, -0.15) is 0 Å². The molecule has 0 aliphatic carbocycles. The van der Waals surface area contributed by atoms with Crippen LogP contribution in [-0.4, -0.2) is 47.7 Å². The largest absolute Gasteiger partial charge is 0.462 e. The molecule has 0 spiro atoms. The smallest absolute Gasteiger partial charge is 0.338 e. The molecule has 0 unspecified atom stereocenters. The third-order valence-corrected chi connectivity index (χ3v) is 7.47. The summed E-state index contributed by atoms with van der Waals surface area (Å²) in [4.78, 5) is 45.3. The van der Waals surface area contributed by atoms with Crippen LogP contribution in [0, 0.1) is 5.92 Å². The van der Waals surface area contributed by atoms with Crippen molar-refractivity contribution in [3.8, 4) is 0 Å². The van der Waals surface area contributed by atoms with Gasteiger partial charge < -0.3 is 20.5 Å². The molecule has 4 aromatic rings. The van der Waals surface area contributed by atoms with Gasteiger partial charge >= 0.3 is 18.0 Å². The number of carbonyl (C=O) groups is 3. The first kappa shape index (κ1) is 27.3. The third-order valence-electron chi connectivity index (χ3n) is 5.69. The minimum absolute atomic E-state index is 0.236. The van der Waals surface area contributed by atoms with Gasteiger partial charge in [0, 0.05) is 6.54 Å². The van der Waals surface area contributed by atoms with Crippen LogP contribution in [0.4, 0.5) is 15.1 Å². The number of aromatic nitrogens is 2. The van der Waals surface area contributed by atoms with Gasteiger partial charge in [-0.25, -0.2) is 24.4 Å². The average Bonchev–Trinajstić information content (AvgIpc) is 3.47. The molecule has 12 heteroatoms. The highest BCUT2D eigenvalue weighted by Gasteiger charge is 2.14. The van der Waals surface area contributed by atoms with Crippen LogP contribution in [0.1, 0.15) is 53.8 Å². The molecule has 0 saturated carbocycles. The lowest BCUT2D eigenvalue weighted by Crippen LogP contribution is -2.30. The van der Waals surface area contributed by atoms with Crippen LogP contribution >= 0.6 is 22.7 Å². The number of urea groups is 1. The minimum Gasteiger partial charge on any atom is -0.462 e. The first-order chi connectivity index (χ1) is 18.3. The lowest BCUT2D eigenvalue weighted by molar-refractivity contribution is 0.0481. The van der Waals surface area contributed by atoms with Crippen molar-refractivity contribution in [1.82, 2.24) is 15.3 Å². The number of hydrogen-bond acceptors (Lipinski definition) is 10. The number of thiazole rings is 2. The van der Waals surface area contributed by atoms with Crippen LogP contribution in [-0.2, 0) is 9.47 Å². The Kier molecular flexibility index (Phi) is 9.08. The summed E-state index contributed by atoms with van der Waals surface area (Å²) in [5.41, 5.74) is 8.09. The summed E-state index contributed by atoms with van der Waals surface area (Å²) in [6.07, 6.45) is 2.15. The highest BCUT2D eigenvalue weighted by Crippen LogP contribution is 2.27. The van der Waals surface area contributed by atoms with Crippen LogP contribution in [0.3, 0.4) is 0 Å². The van der Waals surface area contributed by atoms with Crippen LogP contribution in [0.5, 0.6) is 0 Å². The molecule has 2 aromatic carbocycles. The van der Waals surface area contributed by atoms with E-state index >= 15 is 0 Å². The number of ether oxygens (including phenoxy) is 2. The van der Waals surface area contributed by atoms with Gasteiger partial charge in [-0.1, -0.05) is 36.5 Å². The number of anilines is 2. The Morgan fingerprint density at radius 1 is 0.921 bits per heavy atom. The quantitative estimate of drug-likeness (QED) is 0.207. The van der Waals surface area contributed by atoms with Crippen LogP contribution in [0.15, 0.2) is 36.4 Å². The summed E-state index contributed by atoms with van der Waals surface area (Å²) >= 11 is 2.61. The van der Waals surface area contributed by atoms with Crippen molar-refractivity contribution in [3.05, 3.63) is 47.5 Å². The number of hydrogen-bond donors (Lipinski definition) is 3. The maximum absolute atomic E-state index is 12.3. The molecule has 0 saturated heterocycles. The fraction of sp³-hybridized carbons (Fsp3) is 0.346. The molecule has 0 aliphatic heterocycles. The summed E-state index contributed by atoms with van der Waals surface area (Å²) < 4.78 is 12.2. The molecule has 38 heavy (non-hydrogen) atoms. The molecule has 1 atom stereocenters. The molecule has 200 valence electrons. The second-order valence-electron chi connectivity index (χ2n) is 8.77. The van der Waals surface area contributed by atoms with Crippen LogP contribution in [0.2, 0.25) is 0 Å². The average molecular weight is 556 g/mol. The lowest BCUT2D eigenvalue weighted by atomic mass is 10.0. The van der Waals surface area contributed by atoms with E-state index < -0.39 is 0 Å². The number of nitrogens with two attached hydrogens (primary N) is 1. The van der Waals surface area contributed by atoms with E-state index in [0.717, 1.165) is 27.8 Å². The third kappa shape index (κ3) is 7.17. The first-order valence-corrected chi connectivity index (χ1v) is 13.9. The fourth-order valence-electron chi connectivity index (χ4n) is 3.61. The molecule has 2 amide bonds. The predicted octanol–water partition coefficient (Wildman–Crippen LogP) is 5.45. The molecule has 0 radical (unpaired) electrons. The van der Waals surface area contributed by atoms with Gasteiger partial charge in [-0.05, 0) is 61.6 Å². The molecule has 10 nitrogen and oxygen atoms in total. The van der Waals surface area contributed by atoms with Crippen molar-refractivity contribution in [2.45, 2.75) is 33.1 Å². The maximum atomic E-state index is 12.3. The van der Waals surface area contributed by atoms with E-state index in [-0.39, 0.29) is 30.5 Å². The van der Waals surface area contributed by atoms with E-state index in [4.69, 9.17) is 15.2 Å². The topological polar surface area (TPSA) is 146 Å². The number of carbonyl (C=O) groups excluding carboxylic acids is 3. The second-order valence-corrected chi connectivity index (χ2v) is 10.9. The van der Waals surface area contributed by atoms with Gasteiger partial charge in [0.2, 0.25) is 0 Å². The molecular weight excluding hydrogens is 526 g/mol. The normalized spacial score (nSPS) is 11.8. The summed E-state index contributed by atoms with van der Waals surface area (Å²) in [5, 5.41) is 6.46. The Labute approximate surface area is 227 Å². The van der Waals surface area contributed by atoms with Crippen molar-refractivity contribution in [2.24, 2.45) is 5.92 Å². The van der Waals surface area contributed by atoms with Crippen molar-refractivity contribution < 1.29 is 23.9 Å². The Balaban J connectivity index is 1.16. The number of benzene rings is 2. The second kappa shape index (κ2) is 12.7. The van der Waals surface area contributed by atoms with Crippen LogP contribution in [0.25, 0.3) is 20.4 Å². The van der Waals surface area contributed by atoms with Gasteiger partial charge in [0.15, 0.2) is 10.3 Å². The first-order valence-electron chi connectivity index (χ1n) is 12.3. The molecule has 2 heterocycles. The maximum Gasteiger partial charge on any atom is 0.338 e. The van der Waals surface area contributed by atoms with Crippen molar-refractivity contribution >= 4 is 71.3 Å². The zero-order valence-corrected chi connectivity index (χ0v) is 22.7.